The Balaban J connectivity index is 1.54. The standard InChI is InChI=1S/C19H25N7O3/c1-27-16-4-2-3-15(13-16)14-20-24-17-21-18(25-5-9-28-10-6-25)23-19(22-17)26-7-11-29-12-8-26/h2-4,13-14H,5-12H2,1H3,(H,21,22,23,24). The Morgan fingerprint density at radius 2 is 1.59 bits per heavy atom. The second-order valence-electron chi connectivity index (χ2n) is 6.60. The van der Waals surface area contributed by atoms with Crippen molar-refractivity contribution < 1.29 is 14.2 Å². The Labute approximate surface area is 169 Å². The molecule has 2 aromatic rings. The average molecular weight is 399 g/mol. The van der Waals surface area contributed by atoms with Gasteiger partial charge in [0.1, 0.15) is 5.75 Å². The van der Waals surface area contributed by atoms with E-state index < -0.39 is 0 Å². The Morgan fingerprint density at radius 3 is 2.17 bits per heavy atom. The summed E-state index contributed by atoms with van der Waals surface area (Å²) >= 11 is 0. The van der Waals surface area contributed by atoms with Crippen LogP contribution in [0.5, 0.6) is 5.75 Å². The topological polar surface area (TPSA) is 97.2 Å². The Morgan fingerprint density at radius 1 is 0.966 bits per heavy atom. The van der Waals surface area contributed by atoms with Crippen LogP contribution in [0, 0.1) is 0 Å². The molecule has 2 saturated heterocycles. The fourth-order valence-electron chi connectivity index (χ4n) is 3.10. The zero-order valence-corrected chi connectivity index (χ0v) is 16.5. The predicted octanol–water partition coefficient (Wildman–Crippen LogP) is 0.999. The molecule has 0 atom stereocenters. The average Bonchev–Trinajstić information content (AvgIpc) is 2.80. The van der Waals surface area contributed by atoms with E-state index >= 15 is 0 Å². The number of morpholine rings is 2. The summed E-state index contributed by atoms with van der Waals surface area (Å²) in [6.45, 7) is 5.64. The quantitative estimate of drug-likeness (QED) is 0.563. The highest BCUT2D eigenvalue weighted by Gasteiger charge is 2.20. The Kier molecular flexibility index (Phi) is 6.32. The van der Waals surface area contributed by atoms with E-state index in [1.54, 1.807) is 13.3 Å². The van der Waals surface area contributed by atoms with Gasteiger partial charge in [0.05, 0.1) is 39.8 Å². The number of nitrogens with one attached hydrogen (secondary N) is 1. The third-order valence-corrected chi connectivity index (χ3v) is 4.67. The smallest absolute Gasteiger partial charge is 0.250 e. The second-order valence-corrected chi connectivity index (χ2v) is 6.60. The molecule has 2 aliphatic heterocycles. The lowest BCUT2D eigenvalue weighted by Crippen LogP contribution is -2.40. The minimum Gasteiger partial charge on any atom is -0.497 e. The molecule has 3 heterocycles. The number of nitrogens with zero attached hydrogens (tertiary/aromatic N) is 6. The molecule has 4 rings (SSSR count). The number of ether oxygens (including phenoxy) is 3. The van der Waals surface area contributed by atoms with E-state index in [-0.39, 0.29) is 0 Å². The fraction of sp³-hybridized carbons (Fsp3) is 0.474. The van der Waals surface area contributed by atoms with Crippen LogP contribution in [0.1, 0.15) is 5.56 Å². The number of benzene rings is 1. The second kappa shape index (κ2) is 9.48. The van der Waals surface area contributed by atoms with Crippen LogP contribution in [0.3, 0.4) is 0 Å². The van der Waals surface area contributed by atoms with Crippen molar-refractivity contribution in [2.75, 3.05) is 74.9 Å². The monoisotopic (exact) mass is 399 g/mol. The Hall–Kier alpha value is -2.98. The number of hydrogen-bond acceptors (Lipinski definition) is 10. The molecule has 1 aromatic heterocycles. The molecule has 0 amide bonds. The van der Waals surface area contributed by atoms with E-state index in [1.807, 2.05) is 24.3 Å². The molecular weight excluding hydrogens is 374 g/mol. The van der Waals surface area contributed by atoms with Gasteiger partial charge in [-0.15, -0.1) is 0 Å². The highest BCUT2D eigenvalue weighted by atomic mass is 16.5. The Bertz CT molecular complexity index is 800. The first-order valence-electron chi connectivity index (χ1n) is 9.66. The molecule has 1 aromatic carbocycles. The molecule has 154 valence electrons. The van der Waals surface area contributed by atoms with Crippen LogP contribution in [-0.2, 0) is 9.47 Å². The summed E-state index contributed by atoms with van der Waals surface area (Å²) in [6, 6.07) is 7.65. The molecule has 0 radical (unpaired) electrons. The van der Waals surface area contributed by atoms with Gasteiger partial charge in [0.2, 0.25) is 17.8 Å². The summed E-state index contributed by atoms with van der Waals surface area (Å²) in [6.07, 6.45) is 1.70. The van der Waals surface area contributed by atoms with Crippen LogP contribution >= 0.6 is 0 Å². The van der Waals surface area contributed by atoms with Crippen molar-refractivity contribution in [2.24, 2.45) is 5.10 Å². The maximum Gasteiger partial charge on any atom is 0.250 e. The van der Waals surface area contributed by atoms with Crippen molar-refractivity contribution in [2.45, 2.75) is 0 Å². The zero-order valence-electron chi connectivity index (χ0n) is 16.5. The lowest BCUT2D eigenvalue weighted by atomic mass is 10.2. The molecule has 0 saturated carbocycles. The van der Waals surface area contributed by atoms with Crippen molar-refractivity contribution >= 4 is 24.1 Å². The molecule has 1 N–H and O–H groups in total. The lowest BCUT2D eigenvalue weighted by molar-refractivity contribution is 0.121. The first-order valence-corrected chi connectivity index (χ1v) is 9.66. The van der Waals surface area contributed by atoms with Crippen LogP contribution in [0.2, 0.25) is 0 Å². The van der Waals surface area contributed by atoms with Gasteiger partial charge in [-0.05, 0) is 17.7 Å². The molecule has 10 nitrogen and oxygen atoms in total. The number of methoxy groups -OCH3 is 1. The maximum atomic E-state index is 5.44. The molecular formula is C19H25N7O3. The summed E-state index contributed by atoms with van der Waals surface area (Å²) in [4.78, 5) is 18.0. The zero-order chi connectivity index (χ0) is 19.9. The molecule has 10 heteroatoms. The van der Waals surface area contributed by atoms with Crippen molar-refractivity contribution in [3.63, 3.8) is 0 Å². The maximum absolute atomic E-state index is 5.44. The summed E-state index contributed by atoms with van der Waals surface area (Å²) in [7, 11) is 1.64. The number of rotatable bonds is 6. The van der Waals surface area contributed by atoms with Gasteiger partial charge in [0, 0.05) is 26.2 Å². The number of anilines is 3. The largest absolute Gasteiger partial charge is 0.497 e. The summed E-state index contributed by atoms with van der Waals surface area (Å²) in [5, 5.41) is 4.29. The van der Waals surface area contributed by atoms with E-state index in [1.165, 1.54) is 0 Å². The molecule has 29 heavy (non-hydrogen) atoms. The third-order valence-electron chi connectivity index (χ3n) is 4.67. The summed E-state index contributed by atoms with van der Waals surface area (Å²) in [5.41, 5.74) is 3.85. The number of hydrogen-bond donors (Lipinski definition) is 1. The molecule has 2 aliphatic rings. The summed E-state index contributed by atoms with van der Waals surface area (Å²) < 4.78 is 16.1. The van der Waals surface area contributed by atoms with Gasteiger partial charge in [0.15, 0.2) is 0 Å². The van der Waals surface area contributed by atoms with Crippen LogP contribution in [0.25, 0.3) is 0 Å². The fourth-order valence-corrected chi connectivity index (χ4v) is 3.10. The van der Waals surface area contributed by atoms with Crippen molar-refractivity contribution in [3.05, 3.63) is 29.8 Å². The van der Waals surface area contributed by atoms with Gasteiger partial charge in [-0.25, -0.2) is 5.43 Å². The molecule has 0 bridgehead atoms. The number of hydrazone groups is 1. The molecule has 2 fully saturated rings. The summed E-state index contributed by atoms with van der Waals surface area (Å²) in [5.74, 6) is 2.44. The third kappa shape index (κ3) is 5.09. The van der Waals surface area contributed by atoms with Gasteiger partial charge >= 0.3 is 0 Å². The predicted molar refractivity (Wildman–Crippen MR) is 110 cm³/mol. The van der Waals surface area contributed by atoms with Gasteiger partial charge in [-0.2, -0.15) is 20.1 Å². The van der Waals surface area contributed by atoms with E-state index in [9.17, 15) is 0 Å². The van der Waals surface area contributed by atoms with E-state index in [0.29, 0.717) is 44.3 Å². The SMILES string of the molecule is COc1cccc(C=NNc2nc(N3CCOCC3)nc(N3CCOCC3)n2)c1. The highest BCUT2D eigenvalue weighted by molar-refractivity contribution is 5.80. The lowest BCUT2D eigenvalue weighted by Gasteiger charge is -2.30. The van der Waals surface area contributed by atoms with Crippen molar-refractivity contribution in [1.29, 1.82) is 0 Å². The van der Waals surface area contributed by atoms with Gasteiger partial charge in [0.25, 0.3) is 0 Å². The van der Waals surface area contributed by atoms with Crippen LogP contribution in [0.4, 0.5) is 17.8 Å². The normalized spacial score (nSPS) is 17.6. The van der Waals surface area contributed by atoms with E-state index in [2.05, 4.69) is 35.3 Å². The van der Waals surface area contributed by atoms with Gasteiger partial charge < -0.3 is 24.0 Å². The molecule has 0 spiro atoms. The van der Waals surface area contributed by atoms with Crippen LogP contribution < -0.4 is 20.0 Å². The molecule has 0 aliphatic carbocycles. The highest BCUT2D eigenvalue weighted by Crippen LogP contribution is 2.19. The van der Waals surface area contributed by atoms with Crippen LogP contribution in [-0.4, -0.2) is 80.9 Å². The van der Waals surface area contributed by atoms with Crippen molar-refractivity contribution in [1.82, 2.24) is 15.0 Å². The van der Waals surface area contributed by atoms with Crippen molar-refractivity contribution in [3.8, 4) is 5.75 Å². The van der Waals surface area contributed by atoms with E-state index in [4.69, 9.17) is 14.2 Å². The minimum absolute atomic E-state index is 0.405. The first kappa shape index (κ1) is 19.3. The minimum atomic E-state index is 0.405. The first-order chi connectivity index (χ1) is 14.3. The molecule has 0 unspecified atom stereocenters. The van der Waals surface area contributed by atoms with Gasteiger partial charge in [-0.3, -0.25) is 0 Å². The van der Waals surface area contributed by atoms with Gasteiger partial charge in [-0.1, -0.05) is 12.1 Å². The van der Waals surface area contributed by atoms with Crippen LogP contribution in [0.15, 0.2) is 29.4 Å². The van der Waals surface area contributed by atoms with E-state index in [0.717, 1.165) is 37.5 Å². The number of aromatic nitrogens is 3.